The first-order valence-electron chi connectivity index (χ1n) is 8.51. The van der Waals surface area contributed by atoms with Gasteiger partial charge in [-0.25, -0.2) is 0 Å². The summed E-state index contributed by atoms with van der Waals surface area (Å²) in [6.45, 7) is 6.73. The van der Waals surface area contributed by atoms with E-state index in [1.807, 2.05) is 0 Å². The number of carboxylic acids is 1. The largest absolute Gasteiger partial charge is 0.480 e. The second-order valence-corrected chi connectivity index (χ2v) is 6.78. The van der Waals surface area contributed by atoms with E-state index in [9.17, 15) is 9.90 Å². The van der Waals surface area contributed by atoms with Gasteiger partial charge in [0.2, 0.25) is 0 Å². The Morgan fingerprint density at radius 2 is 2.14 bits per heavy atom. The second-order valence-electron chi connectivity index (χ2n) is 6.78. The maximum atomic E-state index is 11.6. The van der Waals surface area contributed by atoms with Crippen LogP contribution in [0.4, 0.5) is 0 Å². The first-order chi connectivity index (χ1) is 10.2. The molecule has 1 N–H and O–H groups in total. The van der Waals surface area contributed by atoms with Crippen LogP contribution in [0.15, 0.2) is 0 Å². The van der Waals surface area contributed by atoms with Crippen molar-refractivity contribution in [2.45, 2.75) is 57.2 Å². The number of carboxylic acid groups (broad SMARTS) is 1. The van der Waals surface area contributed by atoms with Gasteiger partial charge >= 0.3 is 5.97 Å². The van der Waals surface area contributed by atoms with Gasteiger partial charge in [-0.1, -0.05) is 19.8 Å². The lowest BCUT2D eigenvalue weighted by Gasteiger charge is -2.38. The highest BCUT2D eigenvalue weighted by Crippen LogP contribution is 2.40. The highest BCUT2D eigenvalue weighted by Gasteiger charge is 2.46. The number of ether oxygens (including phenoxy) is 1. The Labute approximate surface area is 127 Å². The maximum Gasteiger partial charge on any atom is 0.320 e. The third kappa shape index (κ3) is 3.25. The second kappa shape index (κ2) is 6.63. The first-order valence-corrected chi connectivity index (χ1v) is 8.51. The summed E-state index contributed by atoms with van der Waals surface area (Å²) in [6, 6.07) is 0.180. The normalized spacial score (nSPS) is 38.3. The van der Waals surface area contributed by atoms with E-state index < -0.39 is 5.97 Å². The molecule has 0 amide bonds. The standard InChI is InChI=1S/C16H28N2O3/c1-2-17-7-8-21-13(10-17)11-18-14-6-4-3-5-12(14)9-15(18)16(19)20/h12-15H,2-11H2,1H3,(H,19,20). The van der Waals surface area contributed by atoms with Crippen LogP contribution in [0.3, 0.4) is 0 Å². The number of carbonyl (C=O) groups is 1. The monoisotopic (exact) mass is 296 g/mol. The van der Waals surface area contributed by atoms with Crippen molar-refractivity contribution in [1.29, 1.82) is 0 Å². The molecule has 0 aromatic rings. The van der Waals surface area contributed by atoms with E-state index in [0.29, 0.717) is 12.0 Å². The molecule has 2 aliphatic heterocycles. The van der Waals surface area contributed by atoms with Gasteiger partial charge in [0.25, 0.3) is 0 Å². The molecule has 1 aliphatic carbocycles. The lowest BCUT2D eigenvalue weighted by atomic mass is 9.84. The van der Waals surface area contributed by atoms with E-state index in [0.717, 1.165) is 39.2 Å². The van der Waals surface area contributed by atoms with Gasteiger partial charge in [-0.2, -0.15) is 0 Å². The van der Waals surface area contributed by atoms with Gasteiger partial charge in [0, 0.05) is 25.7 Å². The number of nitrogens with zero attached hydrogens (tertiary/aromatic N) is 2. The number of likely N-dealkylation sites (tertiary alicyclic amines) is 1. The Bertz CT molecular complexity index is 377. The number of rotatable bonds is 4. The molecule has 0 aromatic carbocycles. The molecule has 21 heavy (non-hydrogen) atoms. The quantitative estimate of drug-likeness (QED) is 0.850. The van der Waals surface area contributed by atoms with Crippen LogP contribution in [0, 0.1) is 5.92 Å². The fourth-order valence-electron chi connectivity index (χ4n) is 4.47. The van der Waals surface area contributed by atoms with Crippen LogP contribution in [0.25, 0.3) is 0 Å². The molecule has 5 nitrogen and oxygen atoms in total. The van der Waals surface area contributed by atoms with Crippen LogP contribution in [0.1, 0.15) is 39.0 Å². The van der Waals surface area contributed by atoms with E-state index in [1.165, 1.54) is 25.7 Å². The summed E-state index contributed by atoms with van der Waals surface area (Å²) < 4.78 is 5.90. The Hall–Kier alpha value is -0.650. The lowest BCUT2D eigenvalue weighted by Crippen LogP contribution is -2.51. The molecule has 0 spiro atoms. The van der Waals surface area contributed by atoms with Crippen molar-refractivity contribution < 1.29 is 14.6 Å². The zero-order chi connectivity index (χ0) is 14.8. The molecule has 120 valence electrons. The number of fused-ring (bicyclic) bond motifs is 1. The molecular weight excluding hydrogens is 268 g/mol. The van der Waals surface area contributed by atoms with E-state index in [4.69, 9.17) is 4.74 Å². The molecule has 3 aliphatic rings. The van der Waals surface area contributed by atoms with Gasteiger partial charge in [0.1, 0.15) is 6.04 Å². The van der Waals surface area contributed by atoms with Crippen molar-refractivity contribution in [2.75, 3.05) is 32.8 Å². The number of aliphatic carboxylic acids is 1. The summed E-state index contributed by atoms with van der Waals surface area (Å²) in [5.41, 5.74) is 0. The van der Waals surface area contributed by atoms with E-state index in [-0.39, 0.29) is 12.1 Å². The summed E-state index contributed by atoms with van der Waals surface area (Å²) in [7, 11) is 0. The molecule has 0 bridgehead atoms. The molecule has 4 unspecified atom stereocenters. The average Bonchev–Trinajstić information content (AvgIpc) is 2.87. The molecule has 2 heterocycles. The van der Waals surface area contributed by atoms with Crippen LogP contribution < -0.4 is 0 Å². The molecular formula is C16H28N2O3. The van der Waals surface area contributed by atoms with Crippen molar-refractivity contribution in [1.82, 2.24) is 9.80 Å². The third-order valence-corrected chi connectivity index (χ3v) is 5.59. The third-order valence-electron chi connectivity index (χ3n) is 5.59. The van der Waals surface area contributed by atoms with Crippen LogP contribution in [0.2, 0.25) is 0 Å². The fraction of sp³-hybridized carbons (Fsp3) is 0.938. The van der Waals surface area contributed by atoms with E-state index >= 15 is 0 Å². The average molecular weight is 296 g/mol. The summed E-state index contributed by atoms with van der Waals surface area (Å²) in [5.74, 6) is -0.0572. The Kier molecular flexibility index (Phi) is 4.82. The first kappa shape index (κ1) is 15.3. The van der Waals surface area contributed by atoms with Crippen molar-refractivity contribution in [3.63, 3.8) is 0 Å². The predicted molar refractivity (Wildman–Crippen MR) is 80.3 cm³/mol. The number of likely N-dealkylation sites (N-methyl/N-ethyl adjacent to an activating group) is 1. The molecule has 0 radical (unpaired) electrons. The zero-order valence-corrected chi connectivity index (χ0v) is 13.0. The van der Waals surface area contributed by atoms with Gasteiger partial charge in [-0.15, -0.1) is 0 Å². The minimum Gasteiger partial charge on any atom is -0.480 e. The Morgan fingerprint density at radius 1 is 1.33 bits per heavy atom. The summed E-state index contributed by atoms with van der Waals surface area (Å²) in [4.78, 5) is 16.3. The zero-order valence-electron chi connectivity index (χ0n) is 13.0. The van der Waals surface area contributed by atoms with Crippen molar-refractivity contribution in [3.05, 3.63) is 0 Å². The molecule has 3 rings (SSSR count). The van der Waals surface area contributed by atoms with Gasteiger partial charge in [0.15, 0.2) is 0 Å². The summed E-state index contributed by atoms with van der Waals surface area (Å²) in [5, 5.41) is 9.57. The molecule has 2 saturated heterocycles. The highest BCUT2D eigenvalue weighted by atomic mass is 16.5. The predicted octanol–water partition coefficient (Wildman–Crippen LogP) is 1.42. The number of hydrogen-bond acceptors (Lipinski definition) is 4. The van der Waals surface area contributed by atoms with Crippen molar-refractivity contribution >= 4 is 5.97 Å². The minimum absolute atomic E-state index is 0.168. The topological polar surface area (TPSA) is 53.0 Å². The van der Waals surface area contributed by atoms with Crippen LogP contribution in [-0.2, 0) is 9.53 Å². The SMILES string of the molecule is CCN1CCOC(CN2C(C(=O)O)CC3CCCCC32)C1. The molecule has 1 saturated carbocycles. The lowest BCUT2D eigenvalue weighted by molar-refractivity contribution is -0.144. The van der Waals surface area contributed by atoms with Crippen molar-refractivity contribution in [2.24, 2.45) is 5.92 Å². The van der Waals surface area contributed by atoms with E-state index in [1.54, 1.807) is 0 Å². The number of hydrogen-bond donors (Lipinski definition) is 1. The maximum absolute atomic E-state index is 11.6. The molecule has 3 fully saturated rings. The van der Waals surface area contributed by atoms with Gasteiger partial charge in [-0.05, 0) is 31.7 Å². The van der Waals surface area contributed by atoms with Gasteiger partial charge in [-0.3, -0.25) is 14.6 Å². The van der Waals surface area contributed by atoms with E-state index in [2.05, 4.69) is 16.7 Å². The molecule has 4 atom stereocenters. The Balaban J connectivity index is 1.67. The van der Waals surface area contributed by atoms with Crippen LogP contribution in [-0.4, -0.2) is 71.8 Å². The molecule has 0 aromatic heterocycles. The highest BCUT2D eigenvalue weighted by molar-refractivity contribution is 5.74. The summed E-state index contributed by atoms with van der Waals surface area (Å²) in [6.07, 6.45) is 5.89. The minimum atomic E-state index is -0.646. The van der Waals surface area contributed by atoms with Gasteiger partial charge in [0.05, 0.1) is 12.7 Å². The van der Waals surface area contributed by atoms with Crippen LogP contribution >= 0.6 is 0 Å². The number of morpholine rings is 1. The van der Waals surface area contributed by atoms with Crippen LogP contribution in [0.5, 0.6) is 0 Å². The van der Waals surface area contributed by atoms with Crippen molar-refractivity contribution in [3.8, 4) is 0 Å². The smallest absolute Gasteiger partial charge is 0.320 e. The summed E-state index contributed by atoms with van der Waals surface area (Å²) >= 11 is 0. The fourth-order valence-corrected chi connectivity index (χ4v) is 4.47. The Morgan fingerprint density at radius 3 is 2.90 bits per heavy atom. The van der Waals surface area contributed by atoms with Gasteiger partial charge < -0.3 is 9.84 Å². The molecule has 5 heteroatoms.